The van der Waals surface area contributed by atoms with Gasteiger partial charge in [-0.2, -0.15) is 0 Å². The molecule has 1 aliphatic rings. The molecule has 0 unspecified atom stereocenters. The number of hydrogen-bond donors (Lipinski definition) is 1. The molecule has 1 saturated heterocycles. The summed E-state index contributed by atoms with van der Waals surface area (Å²) in [6.07, 6.45) is 1.79. The summed E-state index contributed by atoms with van der Waals surface area (Å²) < 4.78 is 0.376. The first-order valence-electron chi connectivity index (χ1n) is 6.42. The molecule has 2 aromatic heterocycles. The first-order chi connectivity index (χ1) is 11.0. The third-order valence-electron chi connectivity index (χ3n) is 2.76. The van der Waals surface area contributed by atoms with E-state index in [0.29, 0.717) is 14.4 Å². The molecule has 3 rings (SSSR count). The Kier molecular flexibility index (Phi) is 4.85. The number of hydrogen-bond acceptors (Lipinski definition) is 8. The number of thiophene rings is 1. The van der Waals surface area contributed by atoms with Crippen LogP contribution in [0.3, 0.4) is 0 Å². The third kappa shape index (κ3) is 3.83. The van der Waals surface area contributed by atoms with Gasteiger partial charge in [-0.3, -0.25) is 19.8 Å². The number of nitrogens with one attached hydrogen (secondary N) is 1. The second-order valence-electron chi connectivity index (χ2n) is 4.46. The smallest absolute Gasteiger partial charge is 0.266 e. The molecule has 2 amide bonds. The highest BCUT2D eigenvalue weighted by molar-refractivity contribution is 8.26. The molecule has 2 aromatic rings. The number of thioether (sulfide) groups is 1. The van der Waals surface area contributed by atoms with Crippen molar-refractivity contribution in [3.05, 3.63) is 32.3 Å². The largest absolute Gasteiger partial charge is 0.299 e. The van der Waals surface area contributed by atoms with Crippen molar-refractivity contribution in [1.29, 1.82) is 0 Å². The number of anilines is 1. The van der Waals surface area contributed by atoms with E-state index in [1.54, 1.807) is 13.0 Å². The predicted molar refractivity (Wildman–Crippen MR) is 97.5 cm³/mol. The first-order valence-corrected chi connectivity index (χ1v) is 9.34. The Morgan fingerprint density at radius 3 is 2.96 bits per heavy atom. The second-order valence-corrected chi connectivity index (χ2v) is 8.29. The van der Waals surface area contributed by atoms with E-state index in [1.165, 1.54) is 39.3 Å². The van der Waals surface area contributed by atoms with Crippen molar-refractivity contribution >= 4 is 74.0 Å². The lowest BCUT2D eigenvalue weighted by molar-refractivity contribution is -0.126. The summed E-state index contributed by atoms with van der Waals surface area (Å²) in [4.78, 5) is 27.2. The highest BCUT2D eigenvalue weighted by Crippen LogP contribution is 2.33. The van der Waals surface area contributed by atoms with Gasteiger partial charge in [0.1, 0.15) is 15.9 Å². The van der Waals surface area contributed by atoms with E-state index < -0.39 is 0 Å². The van der Waals surface area contributed by atoms with E-state index in [0.717, 1.165) is 9.88 Å². The zero-order chi connectivity index (χ0) is 16.4. The molecule has 0 bridgehead atoms. The normalized spacial score (nSPS) is 16.4. The van der Waals surface area contributed by atoms with Gasteiger partial charge in [-0.25, -0.2) is 0 Å². The van der Waals surface area contributed by atoms with Crippen molar-refractivity contribution in [2.75, 3.05) is 11.9 Å². The minimum absolute atomic E-state index is 0.134. The number of nitrogens with zero attached hydrogens (tertiary/aromatic N) is 3. The molecule has 1 fully saturated rings. The third-order valence-corrected chi connectivity index (χ3v) is 5.72. The molecule has 0 aromatic carbocycles. The molecule has 118 valence electrons. The monoisotopic (exact) mass is 382 g/mol. The maximum Gasteiger partial charge on any atom is 0.266 e. The molecule has 0 spiro atoms. The molecule has 1 N–H and O–H groups in total. The van der Waals surface area contributed by atoms with Gasteiger partial charge in [0.25, 0.3) is 5.91 Å². The standard InChI is InChI=1S/C13H10N4O2S4/c1-7-15-16-12(22-7)14-10(18)6-17-11(19)9(23-13(17)20)5-8-3-2-4-21-8/h2-5H,6H2,1H3,(H,14,16,18)/b9-5+. The first kappa shape index (κ1) is 16.2. The Balaban J connectivity index is 1.67. The Labute approximate surface area is 149 Å². The van der Waals surface area contributed by atoms with Crippen molar-refractivity contribution in [3.8, 4) is 0 Å². The van der Waals surface area contributed by atoms with E-state index in [2.05, 4.69) is 15.5 Å². The van der Waals surface area contributed by atoms with Crippen LogP contribution in [-0.4, -0.2) is 37.8 Å². The van der Waals surface area contributed by atoms with E-state index in [4.69, 9.17) is 12.2 Å². The van der Waals surface area contributed by atoms with Crippen LogP contribution in [-0.2, 0) is 9.59 Å². The van der Waals surface area contributed by atoms with Crippen molar-refractivity contribution in [2.24, 2.45) is 0 Å². The molecule has 0 aliphatic carbocycles. The number of amides is 2. The van der Waals surface area contributed by atoms with Crippen LogP contribution in [0.1, 0.15) is 9.88 Å². The van der Waals surface area contributed by atoms with Crippen LogP contribution in [0.15, 0.2) is 22.4 Å². The number of aromatic nitrogens is 2. The molecule has 23 heavy (non-hydrogen) atoms. The maximum atomic E-state index is 12.4. The highest BCUT2D eigenvalue weighted by atomic mass is 32.2. The second kappa shape index (κ2) is 6.87. The van der Waals surface area contributed by atoms with Gasteiger partial charge < -0.3 is 0 Å². The van der Waals surface area contributed by atoms with Crippen LogP contribution >= 0.6 is 46.7 Å². The van der Waals surface area contributed by atoms with Crippen LogP contribution in [0.25, 0.3) is 6.08 Å². The number of thiocarbonyl (C=S) groups is 1. The summed E-state index contributed by atoms with van der Waals surface area (Å²) in [5.74, 6) is -0.605. The number of carbonyl (C=O) groups is 2. The minimum Gasteiger partial charge on any atom is -0.299 e. The Bertz CT molecular complexity index is 797. The zero-order valence-corrected chi connectivity index (χ0v) is 15.1. The van der Waals surface area contributed by atoms with Gasteiger partial charge in [-0.1, -0.05) is 41.4 Å². The van der Waals surface area contributed by atoms with Crippen LogP contribution in [0.2, 0.25) is 0 Å². The van der Waals surface area contributed by atoms with Gasteiger partial charge in [-0.15, -0.1) is 21.5 Å². The number of rotatable bonds is 4. The van der Waals surface area contributed by atoms with E-state index in [9.17, 15) is 9.59 Å². The summed E-state index contributed by atoms with van der Waals surface area (Å²) in [5, 5.41) is 13.4. The fraction of sp³-hybridized carbons (Fsp3) is 0.154. The van der Waals surface area contributed by atoms with Crippen LogP contribution < -0.4 is 5.32 Å². The van der Waals surface area contributed by atoms with Crippen LogP contribution in [0.4, 0.5) is 5.13 Å². The molecule has 6 nitrogen and oxygen atoms in total. The zero-order valence-electron chi connectivity index (χ0n) is 11.8. The summed E-state index contributed by atoms with van der Waals surface area (Å²) >= 11 is 9.21. The summed E-state index contributed by atoms with van der Waals surface area (Å²) in [5.41, 5.74) is 0. The average Bonchev–Trinajstić information content (AvgIpc) is 3.19. The maximum absolute atomic E-state index is 12.4. The SMILES string of the molecule is Cc1nnc(NC(=O)CN2C(=O)/C(=C\c3cccs3)SC2=S)s1. The average molecular weight is 383 g/mol. The molecular weight excluding hydrogens is 372 g/mol. The topological polar surface area (TPSA) is 75.2 Å². The van der Waals surface area contributed by atoms with Crippen molar-refractivity contribution in [1.82, 2.24) is 15.1 Å². The lowest BCUT2D eigenvalue weighted by Gasteiger charge is -2.12. The van der Waals surface area contributed by atoms with E-state index in [-0.39, 0.29) is 18.4 Å². The summed E-state index contributed by atoms with van der Waals surface area (Å²) in [7, 11) is 0. The Hall–Kier alpha value is -1.62. The molecule has 10 heteroatoms. The predicted octanol–water partition coefficient (Wildman–Crippen LogP) is 2.75. The Morgan fingerprint density at radius 2 is 2.30 bits per heavy atom. The fourth-order valence-electron chi connectivity index (χ4n) is 1.79. The van der Waals surface area contributed by atoms with Gasteiger partial charge in [0.2, 0.25) is 11.0 Å². The number of carbonyl (C=O) groups excluding carboxylic acids is 2. The lowest BCUT2D eigenvalue weighted by Crippen LogP contribution is -2.36. The van der Waals surface area contributed by atoms with Gasteiger partial charge in [-0.05, 0) is 24.4 Å². The van der Waals surface area contributed by atoms with Crippen molar-refractivity contribution < 1.29 is 9.59 Å². The summed E-state index contributed by atoms with van der Waals surface area (Å²) in [6.45, 7) is 1.66. The molecule has 1 aliphatic heterocycles. The van der Waals surface area contributed by atoms with E-state index >= 15 is 0 Å². The minimum atomic E-state index is -0.352. The quantitative estimate of drug-likeness (QED) is 0.647. The lowest BCUT2D eigenvalue weighted by atomic mass is 10.3. The van der Waals surface area contributed by atoms with Gasteiger partial charge in [0.15, 0.2) is 0 Å². The molecular formula is C13H10N4O2S4. The van der Waals surface area contributed by atoms with Crippen LogP contribution in [0, 0.1) is 6.92 Å². The Morgan fingerprint density at radius 1 is 1.48 bits per heavy atom. The molecule has 3 heterocycles. The molecule has 0 radical (unpaired) electrons. The van der Waals surface area contributed by atoms with Gasteiger partial charge in [0, 0.05) is 4.88 Å². The van der Waals surface area contributed by atoms with Crippen LogP contribution in [0.5, 0.6) is 0 Å². The van der Waals surface area contributed by atoms with Crippen molar-refractivity contribution in [3.63, 3.8) is 0 Å². The highest BCUT2D eigenvalue weighted by Gasteiger charge is 2.33. The fourth-order valence-corrected chi connectivity index (χ4v) is 4.37. The van der Waals surface area contributed by atoms with Crippen molar-refractivity contribution in [2.45, 2.75) is 6.92 Å². The summed E-state index contributed by atoms with van der Waals surface area (Å²) in [6, 6.07) is 3.83. The number of aryl methyl sites for hydroxylation is 1. The van der Waals surface area contributed by atoms with Gasteiger partial charge >= 0.3 is 0 Å². The molecule has 0 atom stereocenters. The van der Waals surface area contributed by atoms with Gasteiger partial charge in [0.05, 0.1) is 4.91 Å². The van der Waals surface area contributed by atoms with E-state index in [1.807, 2.05) is 17.5 Å². The molecule has 0 saturated carbocycles.